The van der Waals surface area contributed by atoms with Gasteiger partial charge in [0.05, 0.1) is 0 Å². The van der Waals surface area contributed by atoms with E-state index >= 15 is 0 Å². The second-order valence-corrected chi connectivity index (χ2v) is 13.2. The first-order chi connectivity index (χ1) is 15.6. The van der Waals surface area contributed by atoms with E-state index in [-0.39, 0.29) is 0 Å². The molecule has 32 heavy (non-hydrogen) atoms. The van der Waals surface area contributed by atoms with Crippen molar-refractivity contribution in [1.82, 2.24) is 0 Å². The first kappa shape index (κ1) is 26.9. The molecule has 0 heterocycles. The van der Waals surface area contributed by atoms with E-state index in [4.69, 9.17) is 0 Å². The van der Waals surface area contributed by atoms with Gasteiger partial charge in [0, 0.05) is 0 Å². The van der Waals surface area contributed by atoms with Gasteiger partial charge in [-0.25, -0.2) is 0 Å². The van der Waals surface area contributed by atoms with Crippen molar-refractivity contribution in [2.45, 2.75) is 137 Å². The summed E-state index contributed by atoms with van der Waals surface area (Å²) in [6, 6.07) is 0. The van der Waals surface area contributed by atoms with Crippen LogP contribution in [0.15, 0.2) is 0 Å². The summed E-state index contributed by atoms with van der Waals surface area (Å²) in [5.74, 6) is 10.6. The fourth-order valence-corrected chi connectivity index (χ4v) is 7.95. The molecule has 3 rings (SSSR count). The molecule has 2 atom stereocenters. The zero-order valence-corrected chi connectivity index (χ0v) is 23.3. The van der Waals surface area contributed by atoms with Gasteiger partial charge in [-0.05, 0) is 110 Å². The maximum Gasteiger partial charge on any atom is -0.00721 e. The first-order valence-corrected chi connectivity index (χ1v) is 15.8. The minimum Gasteiger partial charge on any atom is -0.179 e. The van der Waals surface area contributed by atoms with Gasteiger partial charge < -0.3 is 0 Å². The molecular weight excluding hydrogens is 404 g/mol. The van der Waals surface area contributed by atoms with Crippen LogP contribution in [0.5, 0.6) is 0 Å². The largest absolute Gasteiger partial charge is 0.179 e. The van der Waals surface area contributed by atoms with Crippen LogP contribution in [0.25, 0.3) is 0 Å². The highest BCUT2D eigenvalue weighted by atomic mass is 32.1. The Labute approximate surface area is 208 Å². The fourth-order valence-electron chi connectivity index (χ4n) is 7.77. The SMILES string of the molecule is CCCCC(CCCC)C1CC(C(CC)CC2CC(C3CC(CCC[C@H](C)CS)C3)C2)C1. The molecule has 1 heteroatoms. The van der Waals surface area contributed by atoms with Gasteiger partial charge in [0.15, 0.2) is 0 Å². The molecule has 3 aliphatic carbocycles. The molecule has 0 amide bonds. The van der Waals surface area contributed by atoms with Crippen LogP contribution < -0.4 is 0 Å². The molecule has 188 valence electrons. The van der Waals surface area contributed by atoms with Crippen LogP contribution in [0.2, 0.25) is 0 Å². The normalized spacial score (nSPS) is 33.9. The van der Waals surface area contributed by atoms with Crippen LogP contribution in [-0.4, -0.2) is 5.75 Å². The summed E-state index contributed by atoms with van der Waals surface area (Å²) in [6.45, 7) is 9.59. The molecule has 0 aromatic carbocycles. The van der Waals surface area contributed by atoms with E-state index in [1.165, 1.54) is 64.2 Å². The Bertz CT molecular complexity index is 475. The molecule has 0 N–H and O–H groups in total. The van der Waals surface area contributed by atoms with Crippen molar-refractivity contribution in [1.29, 1.82) is 0 Å². The standard InChI is InChI=1S/C31H58S/c1-5-8-13-27(14-9-6-2)31-20-30(21-31)26(7-3)17-25-18-29(19-25)28-15-24(16-28)12-10-11-23(4)22-32/h23-32H,5-22H2,1-4H3/t23-,24?,25?,26?,28?,29?,30?,31?/m0/s1. The quantitative estimate of drug-likeness (QED) is 0.204. The minimum atomic E-state index is 0.817. The number of rotatable bonds is 17. The van der Waals surface area contributed by atoms with E-state index in [0.29, 0.717) is 0 Å². The van der Waals surface area contributed by atoms with E-state index in [2.05, 4.69) is 40.3 Å². The third-order valence-electron chi connectivity index (χ3n) is 10.4. The summed E-state index contributed by atoms with van der Waals surface area (Å²) in [6.07, 6.45) is 25.6. The number of unbranched alkanes of at least 4 members (excludes halogenated alkanes) is 2. The van der Waals surface area contributed by atoms with Crippen molar-refractivity contribution < 1.29 is 0 Å². The molecule has 3 aliphatic rings. The smallest absolute Gasteiger partial charge is 0.00721 e. The van der Waals surface area contributed by atoms with Crippen molar-refractivity contribution in [3.05, 3.63) is 0 Å². The van der Waals surface area contributed by atoms with Gasteiger partial charge in [0.2, 0.25) is 0 Å². The summed E-state index contributed by atoms with van der Waals surface area (Å²) in [7, 11) is 0. The number of hydrogen-bond acceptors (Lipinski definition) is 1. The topological polar surface area (TPSA) is 0 Å². The molecule has 0 aromatic rings. The van der Waals surface area contributed by atoms with Gasteiger partial charge in [-0.15, -0.1) is 0 Å². The summed E-state index contributed by atoms with van der Waals surface area (Å²) < 4.78 is 0. The van der Waals surface area contributed by atoms with Crippen LogP contribution in [0.4, 0.5) is 0 Å². The van der Waals surface area contributed by atoms with Crippen molar-refractivity contribution in [2.24, 2.45) is 53.3 Å². The first-order valence-electron chi connectivity index (χ1n) is 15.2. The number of hydrogen-bond donors (Lipinski definition) is 1. The van der Waals surface area contributed by atoms with Crippen molar-refractivity contribution in [2.75, 3.05) is 5.75 Å². The zero-order chi connectivity index (χ0) is 22.9. The lowest BCUT2D eigenvalue weighted by molar-refractivity contribution is 0.00231. The van der Waals surface area contributed by atoms with Gasteiger partial charge in [-0.3, -0.25) is 0 Å². The van der Waals surface area contributed by atoms with E-state index in [1.807, 2.05) is 0 Å². The molecule has 1 unspecified atom stereocenters. The molecule has 0 spiro atoms. The molecule has 0 radical (unpaired) electrons. The average Bonchev–Trinajstić information content (AvgIpc) is 2.71. The lowest BCUT2D eigenvalue weighted by Gasteiger charge is -2.50. The molecule has 0 saturated heterocycles. The van der Waals surface area contributed by atoms with Crippen LogP contribution in [0.3, 0.4) is 0 Å². The van der Waals surface area contributed by atoms with Crippen LogP contribution in [-0.2, 0) is 0 Å². The molecule has 0 bridgehead atoms. The zero-order valence-electron chi connectivity index (χ0n) is 22.4. The van der Waals surface area contributed by atoms with Crippen LogP contribution in [0, 0.1) is 53.3 Å². The van der Waals surface area contributed by atoms with Crippen LogP contribution >= 0.6 is 12.6 Å². The molecule has 0 aromatic heterocycles. The Morgan fingerprint density at radius 3 is 1.78 bits per heavy atom. The Kier molecular flexibility index (Phi) is 11.8. The van der Waals surface area contributed by atoms with E-state index in [0.717, 1.165) is 59.0 Å². The molecular formula is C31H58S. The lowest BCUT2D eigenvalue weighted by atomic mass is 9.55. The minimum absolute atomic E-state index is 0.817. The third kappa shape index (κ3) is 7.68. The lowest BCUT2D eigenvalue weighted by Crippen LogP contribution is -2.40. The predicted octanol–water partition coefficient (Wildman–Crippen LogP) is 10.2. The van der Waals surface area contributed by atoms with E-state index in [9.17, 15) is 0 Å². The number of thiol groups is 1. The Morgan fingerprint density at radius 2 is 1.25 bits per heavy atom. The Balaban J connectivity index is 1.28. The maximum atomic E-state index is 4.44. The van der Waals surface area contributed by atoms with E-state index in [1.54, 1.807) is 44.9 Å². The van der Waals surface area contributed by atoms with Gasteiger partial charge >= 0.3 is 0 Å². The van der Waals surface area contributed by atoms with Gasteiger partial charge in [-0.2, -0.15) is 12.6 Å². The third-order valence-corrected chi connectivity index (χ3v) is 11.0. The van der Waals surface area contributed by atoms with Gasteiger partial charge in [-0.1, -0.05) is 85.5 Å². The monoisotopic (exact) mass is 462 g/mol. The highest BCUT2D eigenvalue weighted by Crippen LogP contribution is 2.54. The second-order valence-electron chi connectivity index (χ2n) is 12.9. The second kappa shape index (κ2) is 14.0. The summed E-state index contributed by atoms with van der Waals surface area (Å²) in [5.41, 5.74) is 0. The summed E-state index contributed by atoms with van der Waals surface area (Å²) in [4.78, 5) is 0. The molecule has 0 aliphatic heterocycles. The Hall–Kier alpha value is 0.350. The summed E-state index contributed by atoms with van der Waals surface area (Å²) in [5, 5.41) is 0. The maximum absolute atomic E-state index is 4.44. The summed E-state index contributed by atoms with van der Waals surface area (Å²) >= 11 is 4.44. The fraction of sp³-hybridized carbons (Fsp3) is 1.00. The Morgan fingerprint density at radius 1 is 0.688 bits per heavy atom. The average molecular weight is 463 g/mol. The highest BCUT2D eigenvalue weighted by molar-refractivity contribution is 7.80. The van der Waals surface area contributed by atoms with Crippen molar-refractivity contribution in [3.8, 4) is 0 Å². The molecule has 3 saturated carbocycles. The van der Waals surface area contributed by atoms with Crippen molar-refractivity contribution >= 4 is 12.6 Å². The van der Waals surface area contributed by atoms with Crippen molar-refractivity contribution in [3.63, 3.8) is 0 Å². The molecule has 0 nitrogen and oxygen atoms in total. The highest BCUT2D eigenvalue weighted by Gasteiger charge is 2.44. The van der Waals surface area contributed by atoms with Gasteiger partial charge in [0.1, 0.15) is 0 Å². The predicted molar refractivity (Wildman–Crippen MR) is 146 cm³/mol. The van der Waals surface area contributed by atoms with E-state index < -0.39 is 0 Å². The van der Waals surface area contributed by atoms with Gasteiger partial charge in [0.25, 0.3) is 0 Å². The van der Waals surface area contributed by atoms with Crippen LogP contribution in [0.1, 0.15) is 137 Å². The molecule has 3 fully saturated rings.